The van der Waals surface area contributed by atoms with Crippen LogP contribution in [0.1, 0.15) is 26.3 Å². The molecule has 112 valence electrons. The van der Waals surface area contributed by atoms with Gasteiger partial charge in [-0.3, -0.25) is 9.78 Å². The number of nitrogens with one attached hydrogen (secondary N) is 1. The summed E-state index contributed by atoms with van der Waals surface area (Å²) < 4.78 is 0. The molecule has 0 saturated carbocycles. The summed E-state index contributed by atoms with van der Waals surface area (Å²) in [5.41, 5.74) is 2.16. The summed E-state index contributed by atoms with van der Waals surface area (Å²) in [5.74, 6) is 0.155. The second-order valence-electron chi connectivity index (χ2n) is 5.14. The van der Waals surface area contributed by atoms with E-state index in [-0.39, 0.29) is 11.9 Å². The molecule has 1 N–H and O–H groups in total. The summed E-state index contributed by atoms with van der Waals surface area (Å²) in [6.45, 7) is 8.11. The molecule has 1 aromatic heterocycles. The van der Waals surface area contributed by atoms with E-state index in [0.717, 1.165) is 29.6 Å². The molecule has 1 amide bonds. The number of fused-ring (bicyclic) bond motifs is 1. The topological polar surface area (TPSA) is 45.2 Å². The summed E-state index contributed by atoms with van der Waals surface area (Å²) in [7, 11) is 0. The van der Waals surface area contributed by atoms with Crippen molar-refractivity contribution < 1.29 is 4.79 Å². The first-order valence-electron chi connectivity index (χ1n) is 7.51. The summed E-state index contributed by atoms with van der Waals surface area (Å²) >= 11 is 0. The molecule has 0 aliphatic heterocycles. The standard InChI is InChI=1S/C17H23N3O/c1-4-20(5-2)17(21)13(3)19-12-14-8-9-16-15(11-14)7-6-10-18-16/h6-11,13,19H,4-5,12H2,1-3H3. The van der Waals surface area contributed by atoms with Crippen LogP contribution in [-0.4, -0.2) is 34.9 Å². The number of pyridine rings is 1. The molecular weight excluding hydrogens is 262 g/mol. The molecule has 1 aromatic carbocycles. The third kappa shape index (κ3) is 3.79. The van der Waals surface area contributed by atoms with Gasteiger partial charge in [0.05, 0.1) is 11.6 Å². The number of carbonyl (C=O) groups excluding carboxylic acids is 1. The van der Waals surface area contributed by atoms with Crippen molar-refractivity contribution in [3.05, 3.63) is 42.1 Å². The van der Waals surface area contributed by atoms with E-state index < -0.39 is 0 Å². The van der Waals surface area contributed by atoms with Crippen molar-refractivity contribution in [2.24, 2.45) is 0 Å². The quantitative estimate of drug-likeness (QED) is 0.887. The van der Waals surface area contributed by atoms with Crippen molar-refractivity contribution >= 4 is 16.8 Å². The molecule has 1 heterocycles. The van der Waals surface area contributed by atoms with Crippen LogP contribution < -0.4 is 5.32 Å². The van der Waals surface area contributed by atoms with E-state index >= 15 is 0 Å². The normalized spacial score (nSPS) is 12.3. The fourth-order valence-electron chi connectivity index (χ4n) is 2.40. The monoisotopic (exact) mass is 285 g/mol. The largest absolute Gasteiger partial charge is 0.342 e. The van der Waals surface area contributed by atoms with Gasteiger partial charge < -0.3 is 10.2 Å². The van der Waals surface area contributed by atoms with E-state index in [9.17, 15) is 4.79 Å². The van der Waals surface area contributed by atoms with Crippen LogP contribution in [-0.2, 0) is 11.3 Å². The Bertz CT molecular complexity index is 608. The second-order valence-corrected chi connectivity index (χ2v) is 5.14. The number of amides is 1. The average molecular weight is 285 g/mol. The van der Waals surface area contributed by atoms with Gasteiger partial charge in [0.15, 0.2) is 0 Å². The summed E-state index contributed by atoms with van der Waals surface area (Å²) in [4.78, 5) is 18.4. The van der Waals surface area contributed by atoms with Crippen LogP contribution >= 0.6 is 0 Å². The minimum atomic E-state index is -0.172. The molecule has 0 saturated heterocycles. The van der Waals surface area contributed by atoms with Gasteiger partial charge in [-0.05, 0) is 44.5 Å². The summed E-state index contributed by atoms with van der Waals surface area (Å²) in [5, 5.41) is 4.43. The Kier molecular flexibility index (Phi) is 5.28. The van der Waals surface area contributed by atoms with Crippen LogP contribution in [0.3, 0.4) is 0 Å². The van der Waals surface area contributed by atoms with E-state index in [1.165, 1.54) is 0 Å². The van der Waals surface area contributed by atoms with Crippen LogP contribution in [0.4, 0.5) is 0 Å². The molecule has 0 spiro atoms. The van der Waals surface area contributed by atoms with Crippen LogP contribution in [0.2, 0.25) is 0 Å². The van der Waals surface area contributed by atoms with Crippen molar-refractivity contribution in [3.63, 3.8) is 0 Å². The number of benzene rings is 1. The van der Waals surface area contributed by atoms with Crippen LogP contribution in [0, 0.1) is 0 Å². The molecule has 0 bridgehead atoms. The van der Waals surface area contributed by atoms with Crippen molar-refractivity contribution in [1.29, 1.82) is 0 Å². The number of likely N-dealkylation sites (N-methyl/N-ethyl adjacent to an activating group) is 1. The molecular formula is C17H23N3O. The SMILES string of the molecule is CCN(CC)C(=O)C(C)NCc1ccc2ncccc2c1. The minimum absolute atomic E-state index is 0.155. The highest BCUT2D eigenvalue weighted by Gasteiger charge is 2.17. The number of aromatic nitrogens is 1. The Balaban J connectivity index is 1.99. The first-order valence-corrected chi connectivity index (χ1v) is 7.51. The maximum atomic E-state index is 12.2. The lowest BCUT2D eigenvalue weighted by Crippen LogP contribution is -2.44. The molecule has 2 aromatic rings. The highest BCUT2D eigenvalue weighted by atomic mass is 16.2. The Labute approximate surface area is 126 Å². The summed E-state index contributed by atoms with van der Waals surface area (Å²) in [6, 6.07) is 10.0. The predicted octanol–water partition coefficient (Wildman–Crippen LogP) is 2.58. The fourth-order valence-corrected chi connectivity index (χ4v) is 2.40. The van der Waals surface area contributed by atoms with Gasteiger partial charge in [0.25, 0.3) is 0 Å². The Morgan fingerprint density at radius 2 is 2.05 bits per heavy atom. The molecule has 0 aliphatic carbocycles. The van der Waals surface area contributed by atoms with E-state index in [1.807, 2.05) is 37.8 Å². The van der Waals surface area contributed by atoms with E-state index in [2.05, 4.69) is 28.5 Å². The van der Waals surface area contributed by atoms with Crippen LogP contribution in [0.15, 0.2) is 36.5 Å². The third-order valence-electron chi connectivity index (χ3n) is 3.73. The molecule has 4 heteroatoms. The lowest BCUT2D eigenvalue weighted by molar-refractivity contribution is -0.132. The van der Waals surface area contributed by atoms with Gasteiger partial charge in [-0.15, -0.1) is 0 Å². The lowest BCUT2D eigenvalue weighted by atomic mass is 10.1. The Hall–Kier alpha value is -1.94. The van der Waals surface area contributed by atoms with Gasteiger partial charge in [-0.2, -0.15) is 0 Å². The van der Waals surface area contributed by atoms with Gasteiger partial charge in [0.2, 0.25) is 5.91 Å². The molecule has 4 nitrogen and oxygen atoms in total. The predicted molar refractivity (Wildman–Crippen MR) is 86.0 cm³/mol. The molecule has 1 atom stereocenters. The number of rotatable bonds is 6. The second kappa shape index (κ2) is 7.18. The van der Waals surface area contributed by atoms with Gasteiger partial charge in [0, 0.05) is 31.2 Å². The maximum Gasteiger partial charge on any atom is 0.239 e. The Morgan fingerprint density at radius 1 is 1.29 bits per heavy atom. The minimum Gasteiger partial charge on any atom is -0.342 e. The van der Waals surface area contributed by atoms with Gasteiger partial charge in [-0.1, -0.05) is 12.1 Å². The van der Waals surface area contributed by atoms with Crippen LogP contribution in [0.25, 0.3) is 10.9 Å². The van der Waals surface area contributed by atoms with Gasteiger partial charge in [-0.25, -0.2) is 0 Å². The van der Waals surface area contributed by atoms with E-state index in [0.29, 0.717) is 6.54 Å². The number of hydrogen-bond acceptors (Lipinski definition) is 3. The molecule has 2 rings (SSSR count). The molecule has 0 fully saturated rings. The smallest absolute Gasteiger partial charge is 0.239 e. The number of carbonyl (C=O) groups is 1. The van der Waals surface area contributed by atoms with Gasteiger partial charge in [0.1, 0.15) is 0 Å². The first-order chi connectivity index (χ1) is 10.2. The third-order valence-corrected chi connectivity index (χ3v) is 3.73. The van der Waals surface area contributed by atoms with Crippen molar-refractivity contribution in [2.75, 3.05) is 13.1 Å². The maximum absolute atomic E-state index is 12.2. The summed E-state index contributed by atoms with van der Waals surface area (Å²) in [6.07, 6.45) is 1.80. The number of hydrogen-bond donors (Lipinski definition) is 1. The first kappa shape index (κ1) is 15.4. The molecule has 21 heavy (non-hydrogen) atoms. The molecule has 0 radical (unpaired) electrons. The lowest BCUT2D eigenvalue weighted by Gasteiger charge is -2.23. The molecule has 1 unspecified atom stereocenters. The van der Waals surface area contributed by atoms with Crippen molar-refractivity contribution in [3.8, 4) is 0 Å². The highest BCUT2D eigenvalue weighted by Crippen LogP contribution is 2.13. The zero-order chi connectivity index (χ0) is 15.2. The number of nitrogens with zero attached hydrogens (tertiary/aromatic N) is 2. The Morgan fingerprint density at radius 3 is 2.76 bits per heavy atom. The van der Waals surface area contributed by atoms with Crippen molar-refractivity contribution in [1.82, 2.24) is 15.2 Å². The zero-order valence-electron chi connectivity index (χ0n) is 13.0. The molecule has 0 aliphatic rings. The van der Waals surface area contributed by atoms with E-state index in [1.54, 1.807) is 6.20 Å². The van der Waals surface area contributed by atoms with Crippen LogP contribution in [0.5, 0.6) is 0 Å². The van der Waals surface area contributed by atoms with E-state index in [4.69, 9.17) is 0 Å². The van der Waals surface area contributed by atoms with Crippen molar-refractivity contribution in [2.45, 2.75) is 33.4 Å². The highest BCUT2D eigenvalue weighted by molar-refractivity contribution is 5.81. The zero-order valence-corrected chi connectivity index (χ0v) is 13.0. The fraction of sp³-hybridized carbons (Fsp3) is 0.412. The average Bonchev–Trinajstić information content (AvgIpc) is 2.53. The van der Waals surface area contributed by atoms with Gasteiger partial charge >= 0.3 is 0 Å².